The lowest BCUT2D eigenvalue weighted by Crippen LogP contribution is -2.12. The minimum atomic E-state index is 0.992. The molecular weight excluding hydrogens is 146 g/mol. The summed E-state index contributed by atoms with van der Waals surface area (Å²) in [5, 5.41) is 3.20. The lowest BCUT2D eigenvalue weighted by atomic mass is 10.2. The smallest absolute Gasteiger partial charge is 0.0308 e. The number of allylic oxidation sites excluding steroid dienone is 4. The van der Waals surface area contributed by atoms with E-state index < -0.39 is 0 Å². The Hall–Kier alpha value is -0.980. The summed E-state index contributed by atoms with van der Waals surface area (Å²) in [7, 11) is 0. The van der Waals surface area contributed by atoms with E-state index in [1.54, 1.807) is 0 Å². The Kier molecular flexibility index (Phi) is 6.16. The van der Waals surface area contributed by atoms with Crippen molar-refractivity contribution in [1.29, 1.82) is 0 Å². The summed E-state index contributed by atoms with van der Waals surface area (Å²) in [4.78, 5) is 0. The first-order valence-electron chi connectivity index (χ1n) is 4.66. The van der Waals surface area contributed by atoms with Crippen LogP contribution in [0.25, 0.3) is 0 Å². The standard InChI is InChI=1S/C9H13N.C2H6/c1-3-5-9-7-4-6-8(2)10-9;1-2/h4,6-7,10H,2-3,5H2,1H3;1-2H3. The maximum Gasteiger partial charge on any atom is 0.0308 e. The van der Waals surface area contributed by atoms with Crippen LogP contribution in [0, 0.1) is 0 Å². The minimum absolute atomic E-state index is 0.992. The molecule has 0 aromatic carbocycles. The van der Waals surface area contributed by atoms with Crippen LogP contribution >= 0.6 is 0 Å². The van der Waals surface area contributed by atoms with E-state index in [-0.39, 0.29) is 0 Å². The Labute approximate surface area is 75.9 Å². The van der Waals surface area contributed by atoms with Crippen molar-refractivity contribution in [2.45, 2.75) is 33.6 Å². The molecule has 0 aromatic rings. The van der Waals surface area contributed by atoms with Crippen LogP contribution in [0.4, 0.5) is 0 Å². The fourth-order valence-electron chi connectivity index (χ4n) is 0.985. The second-order valence-corrected chi connectivity index (χ2v) is 2.45. The molecule has 0 unspecified atom stereocenters. The molecule has 1 rings (SSSR count). The summed E-state index contributed by atoms with van der Waals surface area (Å²) in [6.07, 6.45) is 8.39. The van der Waals surface area contributed by atoms with Gasteiger partial charge in [-0.2, -0.15) is 0 Å². The van der Waals surface area contributed by atoms with E-state index in [1.807, 2.05) is 26.0 Å². The van der Waals surface area contributed by atoms with Crippen molar-refractivity contribution in [3.63, 3.8) is 0 Å². The molecule has 0 atom stereocenters. The molecule has 0 spiro atoms. The van der Waals surface area contributed by atoms with Crippen LogP contribution < -0.4 is 5.32 Å². The Balaban J connectivity index is 0.000000561. The molecule has 12 heavy (non-hydrogen) atoms. The average molecular weight is 165 g/mol. The van der Waals surface area contributed by atoms with Crippen molar-refractivity contribution in [2.75, 3.05) is 0 Å². The zero-order valence-electron chi connectivity index (χ0n) is 8.35. The third-order valence-corrected chi connectivity index (χ3v) is 1.44. The molecule has 1 aliphatic heterocycles. The molecule has 68 valence electrons. The summed E-state index contributed by atoms with van der Waals surface area (Å²) in [6, 6.07) is 0. The summed E-state index contributed by atoms with van der Waals surface area (Å²) >= 11 is 0. The van der Waals surface area contributed by atoms with Crippen LogP contribution in [-0.4, -0.2) is 0 Å². The predicted molar refractivity (Wildman–Crippen MR) is 55.8 cm³/mol. The van der Waals surface area contributed by atoms with Gasteiger partial charge in [-0.3, -0.25) is 0 Å². The molecule has 1 N–H and O–H groups in total. The molecule has 0 saturated heterocycles. The van der Waals surface area contributed by atoms with E-state index in [1.165, 1.54) is 12.1 Å². The van der Waals surface area contributed by atoms with E-state index in [9.17, 15) is 0 Å². The zero-order chi connectivity index (χ0) is 9.40. The highest BCUT2D eigenvalue weighted by molar-refractivity contribution is 5.29. The first-order valence-corrected chi connectivity index (χ1v) is 4.66. The monoisotopic (exact) mass is 165 g/mol. The summed E-state index contributed by atoms with van der Waals surface area (Å²) < 4.78 is 0. The highest BCUT2D eigenvalue weighted by atomic mass is 14.9. The summed E-state index contributed by atoms with van der Waals surface area (Å²) in [5.41, 5.74) is 2.26. The van der Waals surface area contributed by atoms with Gasteiger partial charge in [0, 0.05) is 11.4 Å². The van der Waals surface area contributed by atoms with Crippen LogP contribution in [0.2, 0.25) is 0 Å². The quantitative estimate of drug-likeness (QED) is 0.661. The van der Waals surface area contributed by atoms with Gasteiger partial charge in [0.2, 0.25) is 0 Å². The van der Waals surface area contributed by atoms with Crippen molar-refractivity contribution >= 4 is 0 Å². The van der Waals surface area contributed by atoms with Gasteiger partial charge in [0.15, 0.2) is 0 Å². The van der Waals surface area contributed by atoms with Crippen molar-refractivity contribution in [1.82, 2.24) is 5.32 Å². The lowest BCUT2D eigenvalue weighted by Gasteiger charge is -2.12. The maximum absolute atomic E-state index is 3.81. The maximum atomic E-state index is 3.81. The van der Waals surface area contributed by atoms with Crippen molar-refractivity contribution < 1.29 is 0 Å². The third kappa shape index (κ3) is 4.02. The lowest BCUT2D eigenvalue weighted by molar-refractivity contribution is 0.820. The van der Waals surface area contributed by atoms with Crippen LogP contribution in [0.15, 0.2) is 36.2 Å². The fourth-order valence-corrected chi connectivity index (χ4v) is 0.985. The van der Waals surface area contributed by atoms with Gasteiger partial charge in [0.05, 0.1) is 0 Å². The van der Waals surface area contributed by atoms with E-state index in [2.05, 4.69) is 24.9 Å². The molecule has 0 fully saturated rings. The topological polar surface area (TPSA) is 12.0 Å². The van der Waals surface area contributed by atoms with Crippen LogP contribution in [-0.2, 0) is 0 Å². The minimum Gasteiger partial charge on any atom is -0.359 e. The third-order valence-electron chi connectivity index (χ3n) is 1.44. The number of rotatable bonds is 2. The van der Waals surface area contributed by atoms with Crippen LogP contribution in [0.5, 0.6) is 0 Å². The Morgan fingerprint density at radius 3 is 2.58 bits per heavy atom. The van der Waals surface area contributed by atoms with Gasteiger partial charge in [-0.1, -0.05) is 39.8 Å². The largest absolute Gasteiger partial charge is 0.359 e. The van der Waals surface area contributed by atoms with Gasteiger partial charge in [-0.15, -0.1) is 0 Å². The molecule has 1 heterocycles. The molecule has 0 bridgehead atoms. The fraction of sp³-hybridized carbons (Fsp3) is 0.455. The zero-order valence-corrected chi connectivity index (χ0v) is 8.35. The molecule has 0 radical (unpaired) electrons. The Bertz CT molecular complexity index is 187. The van der Waals surface area contributed by atoms with Crippen LogP contribution in [0.1, 0.15) is 33.6 Å². The highest BCUT2D eigenvalue weighted by Crippen LogP contribution is 2.08. The van der Waals surface area contributed by atoms with Gasteiger partial charge >= 0.3 is 0 Å². The first kappa shape index (κ1) is 11.0. The molecule has 0 saturated carbocycles. The second-order valence-electron chi connectivity index (χ2n) is 2.45. The van der Waals surface area contributed by atoms with Crippen LogP contribution in [0.3, 0.4) is 0 Å². The van der Waals surface area contributed by atoms with Crippen molar-refractivity contribution in [2.24, 2.45) is 0 Å². The van der Waals surface area contributed by atoms with Crippen molar-refractivity contribution in [3.05, 3.63) is 36.2 Å². The molecule has 1 aliphatic rings. The number of dihydropyridines is 1. The van der Waals surface area contributed by atoms with Gasteiger partial charge < -0.3 is 5.32 Å². The molecule has 1 nitrogen and oxygen atoms in total. The Morgan fingerprint density at radius 2 is 2.08 bits per heavy atom. The molecular formula is C11H19N. The molecule has 0 aromatic heterocycles. The molecule has 0 aliphatic carbocycles. The molecule has 0 amide bonds. The van der Waals surface area contributed by atoms with Gasteiger partial charge in [-0.05, 0) is 18.6 Å². The summed E-state index contributed by atoms with van der Waals surface area (Å²) in [5.74, 6) is 0. The number of hydrogen-bond acceptors (Lipinski definition) is 1. The number of nitrogens with one attached hydrogen (secondary N) is 1. The predicted octanol–water partition coefficient (Wildman–Crippen LogP) is 3.37. The van der Waals surface area contributed by atoms with E-state index >= 15 is 0 Å². The Morgan fingerprint density at radius 1 is 1.42 bits per heavy atom. The van der Waals surface area contributed by atoms with Gasteiger partial charge in [0.25, 0.3) is 0 Å². The van der Waals surface area contributed by atoms with E-state index in [0.717, 1.165) is 12.1 Å². The highest BCUT2D eigenvalue weighted by Gasteiger charge is 1.97. The number of hydrogen-bond donors (Lipinski definition) is 1. The summed E-state index contributed by atoms with van der Waals surface area (Å²) in [6.45, 7) is 9.98. The van der Waals surface area contributed by atoms with Gasteiger partial charge in [0.1, 0.15) is 0 Å². The van der Waals surface area contributed by atoms with E-state index in [0.29, 0.717) is 0 Å². The van der Waals surface area contributed by atoms with Gasteiger partial charge in [-0.25, -0.2) is 0 Å². The van der Waals surface area contributed by atoms with E-state index in [4.69, 9.17) is 0 Å². The molecule has 1 heteroatoms. The normalized spacial score (nSPS) is 14.2. The average Bonchev–Trinajstić information content (AvgIpc) is 2.09. The first-order chi connectivity index (χ1) is 5.83. The SMILES string of the molecule is C=C1C=CC=C(CCC)N1.CC. The second kappa shape index (κ2) is 6.71. The van der Waals surface area contributed by atoms with Crippen molar-refractivity contribution in [3.8, 4) is 0 Å².